The molecule has 8 heteroatoms. The van der Waals surface area contributed by atoms with Crippen molar-refractivity contribution in [3.8, 4) is 0 Å². The summed E-state index contributed by atoms with van der Waals surface area (Å²) in [7, 11) is 0. The SMILES string of the molecule is CC(C)(C)OC(=O)NCC1CCCN(C(=O)c2cc(Cl)nc(Cl)c2)C1. The number of hydrogen-bond acceptors (Lipinski definition) is 4. The van der Waals surface area contributed by atoms with Crippen molar-refractivity contribution in [1.29, 1.82) is 0 Å². The molecule has 0 radical (unpaired) electrons. The second-order valence-corrected chi connectivity index (χ2v) is 7.92. The molecule has 0 spiro atoms. The van der Waals surface area contributed by atoms with Crippen molar-refractivity contribution in [2.75, 3.05) is 19.6 Å². The number of likely N-dealkylation sites (tertiary alicyclic amines) is 1. The van der Waals surface area contributed by atoms with E-state index in [9.17, 15) is 9.59 Å². The Balaban J connectivity index is 1.92. The van der Waals surface area contributed by atoms with Gasteiger partial charge in [0.2, 0.25) is 0 Å². The molecular weight excluding hydrogens is 365 g/mol. The number of piperidine rings is 1. The van der Waals surface area contributed by atoms with E-state index in [1.54, 1.807) is 4.90 Å². The highest BCUT2D eigenvalue weighted by atomic mass is 35.5. The molecule has 1 N–H and O–H groups in total. The van der Waals surface area contributed by atoms with Crippen LogP contribution in [0.15, 0.2) is 12.1 Å². The molecule has 1 aliphatic rings. The number of nitrogens with one attached hydrogen (secondary N) is 1. The number of nitrogens with zero attached hydrogens (tertiary/aromatic N) is 2. The normalized spacial score (nSPS) is 18.0. The number of pyridine rings is 1. The van der Waals surface area contributed by atoms with Gasteiger partial charge < -0.3 is 15.0 Å². The molecule has 1 aromatic heterocycles. The zero-order valence-corrected chi connectivity index (χ0v) is 16.2. The smallest absolute Gasteiger partial charge is 0.407 e. The molecule has 0 bridgehead atoms. The van der Waals surface area contributed by atoms with Crippen LogP contribution in [0.5, 0.6) is 0 Å². The van der Waals surface area contributed by atoms with Crippen LogP contribution in [-0.2, 0) is 4.74 Å². The van der Waals surface area contributed by atoms with Gasteiger partial charge in [0.15, 0.2) is 0 Å². The van der Waals surface area contributed by atoms with Crippen LogP contribution in [0.2, 0.25) is 10.3 Å². The Morgan fingerprint density at radius 1 is 1.32 bits per heavy atom. The van der Waals surface area contributed by atoms with Crippen molar-refractivity contribution in [3.05, 3.63) is 28.0 Å². The van der Waals surface area contributed by atoms with Gasteiger partial charge in [-0.15, -0.1) is 0 Å². The highest BCUT2D eigenvalue weighted by molar-refractivity contribution is 6.33. The molecule has 0 aromatic carbocycles. The van der Waals surface area contributed by atoms with Crippen molar-refractivity contribution in [2.45, 2.75) is 39.2 Å². The van der Waals surface area contributed by atoms with E-state index in [1.165, 1.54) is 12.1 Å². The summed E-state index contributed by atoms with van der Waals surface area (Å²) >= 11 is 11.7. The molecular formula is C17H23Cl2N3O3. The quantitative estimate of drug-likeness (QED) is 0.801. The Morgan fingerprint density at radius 3 is 2.56 bits per heavy atom. The Hall–Kier alpha value is -1.53. The zero-order valence-electron chi connectivity index (χ0n) is 14.6. The first kappa shape index (κ1) is 19.8. The Kier molecular flexibility index (Phi) is 6.52. The zero-order chi connectivity index (χ0) is 18.6. The van der Waals surface area contributed by atoms with E-state index in [-0.39, 0.29) is 22.1 Å². The summed E-state index contributed by atoms with van der Waals surface area (Å²) in [5.41, 5.74) is -0.107. The third-order valence-corrected chi connectivity index (χ3v) is 4.14. The van der Waals surface area contributed by atoms with Gasteiger partial charge in [0, 0.05) is 25.2 Å². The third kappa shape index (κ3) is 6.36. The molecule has 1 atom stereocenters. The van der Waals surface area contributed by atoms with Crippen molar-refractivity contribution < 1.29 is 14.3 Å². The first-order chi connectivity index (χ1) is 11.6. The molecule has 138 valence electrons. The number of carbonyl (C=O) groups is 2. The molecule has 6 nitrogen and oxygen atoms in total. The number of carbonyl (C=O) groups excluding carboxylic acids is 2. The Labute approximate surface area is 157 Å². The summed E-state index contributed by atoms with van der Waals surface area (Å²) in [6.07, 6.45) is 1.37. The minimum Gasteiger partial charge on any atom is -0.444 e. The fraction of sp³-hybridized carbons (Fsp3) is 0.588. The van der Waals surface area contributed by atoms with E-state index in [0.717, 1.165) is 12.8 Å². The maximum absolute atomic E-state index is 12.6. The van der Waals surface area contributed by atoms with Gasteiger partial charge in [-0.05, 0) is 51.7 Å². The number of halogens is 2. The molecule has 0 aliphatic carbocycles. The highest BCUT2D eigenvalue weighted by Crippen LogP contribution is 2.21. The molecule has 1 unspecified atom stereocenters. The highest BCUT2D eigenvalue weighted by Gasteiger charge is 2.26. The fourth-order valence-electron chi connectivity index (χ4n) is 2.73. The van der Waals surface area contributed by atoms with Gasteiger partial charge in [-0.2, -0.15) is 0 Å². The van der Waals surface area contributed by atoms with Gasteiger partial charge in [0.1, 0.15) is 15.9 Å². The van der Waals surface area contributed by atoms with Crippen LogP contribution >= 0.6 is 23.2 Å². The summed E-state index contributed by atoms with van der Waals surface area (Å²) < 4.78 is 5.23. The van der Waals surface area contributed by atoms with Gasteiger partial charge >= 0.3 is 6.09 Å². The van der Waals surface area contributed by atoms with Crippen LogP contribution in [0, 0.1) is 5.92 Å². The molecule has 1 aliphatic heterocycles. The third-order valence-electron chi connectivity index (χ3n) is 3.75. The monoisotopic (exact) mass is 387 g/mol. The molecule has 1 saturated heterocycles. The van der Waals surface area contributed by atoms with Gasteiger partial charge in [0.25, 0.3) is 5.91 Å². The second-order valence-electron chi connectivity index (χ2n) is 7.14. The number of amides is 2. The maximum Gasteiger partial charge on any atom is 0.407 e. The topological polar surface area (TPSA) is 71.5 Å². The summed E-state index contributed by atoms with van der Waals surface area (Å²) in [6.45, 7) is 7.15. The van der Waals surface area contributed by atoms with Crippen molar-refractivity contribution in [3.63, 3.8) is 0 Å². The molecule has 2 amide bonds. The number of hydrogen-bond donors (Lipinski definition) is 1. The minimum atomic E-state index is -0.529. The Bertz CT molecular complexity index is 626. The first-order valence-corrected chi connectivity index (χ1v) is 8.99. The van der Waals surface area contributed by atoms with E-state index < -0.39 is 11.7 Å². The lowest BCUT2D eigenvalue weighted by Gasteiger charge is -2.33. The standard InChI is InChI=1S/C17H23Cl2N3O3/c1-17(2,3)25-16(24)20-9-11-5-4-6-22(10-11)15(23)12-7-13(18)21-14(19)8-12/h7-8,11H,4-6,9-10H2,1-3H3,(H,20,24). The predicted molar refractivity (Wildman–Crippen MR) is 97.1 cm³/mol. The van der Waals surface area contributed by atoms with Gasteiger partial charge in [0.05, 0.1) is 0 Å². The number of alkyl carbamates (subject to hydrolysis) is 1. The van der Waals surface area contributed by atoms with E-state index in [1.807, 2.05) is 20.8 Å². The van der Waals surface area contributed by atoms with E-state index in [0.29, 0.717) is 25.2 Å². The van der Waals surface area contributed by atoms with Gasteiger partial charge in [-0.3, -0.25) is 4.79 Å². The largest absolute Gasteiger partial charge is 0.444 e. The average molecular weight is 388 g/mol. The summed E-state index contributed by atoms with van der Waals surface area (Å²) in [5, 5.41) is 3.16. The number of aromatic nitrogens is 1. The molecule has 0 saturated carbocycles. The van der Waals surface area contributed by atoms with Crippen molar-refractivity contribution >= 4 is 35.2 Å². The number of ether oxygens (including phenoxy) is 1. The number of rotatable bonds is 3. The first-order valence-electron chi connectivity index (χ1n) is 8.23. The molecule has 25 heavy (non-hydrogen) atoms. The van der Waals surface area contributed by atoms with Crippen LogP contribution in [-0.4, -0.2) is 47.1 Å². The van der Waals surface area contributed by atoms with Gasteiger partial charge in [-0.25, -0.2) is 9.78 Å². The lowest BCUT2D eigenvalue weighted by atomic mass is 9.97. The van der Waals surface area contributed by atoms with Gasteiger partial charge in [-0.1, -0.05) is 23.2 Å². The van der Waals surface area contributed by atoms with E-state index in [2.05, 4.69) is 10.3 Å². The van der Waals surface area contributed by atoms with Crippen LogP contribution in [0.1, 0.15) is 44.0 Å². The van der Waals surface area contributed by atoms with Crippen molar-refractivity contribution in [2.24, 2.45) is 5.92 Å². The summed E-state index contributed by atoms with van der Waals surface area (Å²) in [4.78, 5) is 30.0. The molecule has 1 aromatic rings. The second kappa shape index (κ2) is 8.23. The van der Waals surface area contributed by atoms with E-state index in [4.69, 9.17) is 27.9 Å². The van der Waals surface area contributed by atoms with Crippen LogP contribution in [0.3, 0.4) is 0 Å². The minimum absolute atomic E-state index is 0.131. The predicted octanol–water partition coefficient (Wildman–Crippen LogP) is 3.77. The molecule has 1 fully saturated rings. The fourth-order valence-corrected chi connectivity index (χ4v) is 3.19. The summed E-state index contributed by atoms with van der Waals surface area (Å²) in [6, 6.07) is 3.02. The maximum atomic E-state index is 12.6. The van der Waals surface area contributed by atoms with E-state index >= 15 is 0 Å². The summed E-state index contributed by atoms with van der Waals surface area (Å²) in [5.74, 6) is 0.0474. The Morgan fingerprint density at radius 2 is 1.96 bits per heavy atom. The molecule has 2 rings (SSSR count). The van der Waals surface area contributed by atoms with Crippen LogP contribution in [0.25, 0.3) is 0 Å². The van der Waals surface area contributed by atoms with Crippen LogP contribution in [0.4, 0.5) is 4.79 Å². The lowest BCUT2D eigenvalue weighted by molar-refractivity contribution is 0.0502. The average Bonchev–Trinajstić information content (AvgIpc) is 2.50. The van der Waals surface area contributed by atoms with Crippen molar-refractivity contribution in [1.82, 2.24) is 15.2 Å². The van der Waals surface area contributed by atoms with Crippen LogP contribution < -0.4 is 5.32 Å². The lowest BCUT2D eigenvalue weighted by Crippen LogP contribution is -2.44. The molecule has 2 heterocycles.